The summed E-state index contributed by atoms with van der Waals surface area (Å²) in [5, 5.41) is 7.61. The van der Waals surface area contributed by atoms with Crippen molar-refractivity contribution in [2.75, 3.05) is 6.61 Å². The summed E-state index contributed by atoms with van der Waals surface area (Å²) in [5.41, 5.74) is 3.56. The monoisotopic (exact) mass is 493 g/mol. The van der Waals surface area contributed by atoms with E-state index < -0.39 is 12.3 Å². The van der Waals surface area contributed by atoms with Crippen LogP contribution < -0.4 is 20.1 Å². The van der Waals surface area contributed by atoms with E-state index in [0.717, 1.165) is 28.8 Å². The van der Waals surface area contributed by atoms with Crippen molar-refractivity contribution in [3.8, 4) is 11.5 Å². The van der Waals surface area contributed by atoms with Crippen LogP contribution in [0.3, 0.4) is 0 Å². The first kappa shape index (κ1) is 25.0. The molecule has 0 bridgehead atoms. The summed E-state index contributed by atoms with van der Waals surface area (Å²) in [6.45, 7) is 4.16. The largest absolute Gasteiger partial charge is 0.573 e. The minimum absolute atomic E-state index is 0.107. The van der Waals surface area contributed by atoms with Crippen molar-refractivity contribution in [2.24, 2.45) is 0 Å². The summed E-state index contributed by atoms with van der Waals surface area (Å²) in [6.07, 6.45) is -4.78. The molecular weight excluding hydrogens is 471 g/mol. The fraction of sp³-hybridized carbons (Fsp3) is 0.261. The van der Waals surface area contributed by atoms with Gasteiger partial charge in [0.2, 0.25) is 0 Å². The number of carbonyl (C=O) groups excluding carboxylic acids is 2. The second-order valence-electron chi connectivity index (χ2n) is 7.25. The van der Waals surface area contributed by atoms with Gasteiger partial charge in [-0.15, -0.1) is 24.5 Å². The van der Waals surface area contributed by atoms with Gasteiger partial charge in [0, 0.05) is 11.9 Å². The maximum absolute atomic E-state index is 12.4. The van der Waals surface area contributed by atoms with Gasteiger partial charge in [-0.25, -0.2) is 4.98 Å². The number of rotatable bonds is 9. The average Bonchev–Trinajstić information content (AvgIpc) is 3.26. The smallest absolute Gasteiger partial charge is 0.484 e. The van der Waals surface area contributed by atoms with E-state index >= 15 is 0 Å². The third-order valence-corrected chi connectivity index (χ3v) is 5.65. The van der Waals surface area contributed by atoms with Crippen molar-refractivity contribution in [3.63, 3.8) is 0 Å². The molecule has 0 radical (unpaired) electrons. The molecule has 2 aromatic carbocycles. The molecule has 11 heteroatoms. The summed E-state index contributed by atoms with van der Waals surface area (Å²) >= 11 is 1.23. The van der Waals surface area contributed by atoms with Crippen LogP contribution in [-0.2, 0) is 17.9 Å². The van der Waals surface area contributed by atoms with E-state index in [9.17, 15) is 22.8 Å². The number of alkyl halides is 3. The highest BCUT2D eigenvalue weighted by atomic mass is 32.1. The third-order valence-electron chi connectivity index (χ3n) is 4.80. The lowest BCUT2D eigenvalue weighted by Crippen LogP contribution is -2.28. The molecule has 180 valence electrons. The van der Waals surface area contributed by atoms with Gasteiger partial charge in [0.15, 0.2) is 6.61 Å². The SMILES string of the molecule is Cc1cccc(CNC(=O)c2csc(CNC(=O)COc3ccc(OC(F)(F)F)cc3)n2)c1C. The number of benzene rings is 2. The summed E-state index contributed by atoms with van der Waals surface area (Å²) < 4.78 is 45.5. The highest BCUT2D eigenvalue weighted by Crippen LogP contribution is 2.24. The molecule has 0 saturated carbocycles. The second-order valence-corrected chi connectivity index (χ2v) is 8.20. The van der Waals surface area contributed by atoms with Gasteiger partial charge in [0.1, 0.15) is 22.2 Å². The van der Waals surface area contributed by atoms with Crippen molar-refractivity contribution in [3.05, 3.63) is 75.2 Å². The molecule has 0 atom stereocenters. The Bertz CT molecular complexity index is 1150. The Kier molecular flexibility index (Phi) is 8.11. The van der Waals surface area contributed by atoms with Crippen molar-refractivity contribution >= 4 is 23.2 Å². The van der Waals surface area contributed by atoms with E-state index in [-0.39, 0.29) is 36.3 Å². The Morgan fingerprint density at radius 2 is 1.71 bits per heavy atom. The van der Waals surface area contributed by atoms with E-state index in [2.05, 4.69) is 20.4 Å². The van der Waals surface area contributed by atoms with Crippen molar-refractivity contribution in [1.29, 1.82) is 0 Å². The summed E-state index contributed by atoms with van der Waals surface area (Å²) in [4.78, 5) is 28.6. The minimum atomic E-state index is -4.78. The van der Waals surface area contributed by atoms with Crippen LogP contribution in [0.5, 0.6) is 11.5 Å². The van der Waals surface area contributed by atoms with Crippen molar-refractivity contribution < 1.29 is 32.2 Å². The normalized spacial score (nSPS) is 11.1. The topological polar surface area (TPSA) is 89.6 Å². The molecule has 0 aliphatic carbocycles. The zero-order chi connectivity index (χ0) is 24.7. The van der Waals surface area contributed by atoms with E-state index in [1.54, 1.807) is 5.38 Å². The fourth-order valence-corrected chi connectivity index (χ4v) is 3.59. The maximum Gasteiger partial charge on any atom is 0.573 e. The number of nitrogens with one attached hydrogen (secondary N) is 2. The first-order valence-corrected chi connectivity index (χ1v) is 11.0. The molecule has 0 aliphatic heterocycles. The van der Waals surface area contributed by atoms with Gasteiger partial charge in [-0.2, -0.15) is 0 Å². The molecule has 1 aromatic heterocycles. The summed E-state index contributed by atoms with van der Waals surface area (Å²) in [7, 11) is 0. The molecule has 0 unspecified atom stereocenters. The van der Waals surface area contributed by atoms with Gasteiger partial charge in [-0.05, 0) is 54.8 Å². The quantitative estimate of drug-likeness (QED) is 0.465. The number of hydrogen-bond acceptors (Lipinski definition) is 6. The lowest BCUT2D eigenvalue weighted by molar-refractivity contribution is -0.274. The molecule has 0 aliphatic rings. The number of thiazole rings is 1. The Balaban J connectivity index is 1.42. The molecule has 0 saturated heterocycles. The number of aromatic nitrogens is 1. The first-order chi connectivity index (χ1) is 16.1. The highest BCUT2D eigenvalue weighted by molar-refractivity contribution is 7.09. The van der Waals surface area contributed by atoms with Crippen LogP contribution in [0.4, 0.5) is 13.2 Å². The Morgan fingerprint density at radius 3 is 2.41 bits per heavy atom. The van der Waals surface area contributed by atoms with Crippen LogP contribution in [0.25, 0.3) is 0 Å². The van der Waals surface area contributed by atoms with Gasteiger partial charge in [0.25, 0.3) is 11.8 Å². The van der Waals surface area contributed by atoms with Crippen LogP contribution in [0.1, 0.15) is 32.2 Å². The molecule has 0 spiro atoms. The molecule has 0 fully saturated rings. The zero-order valence-corrected chi connectivity index (χ0v) is 19.2. The fourth-order valence-electron chi connectivity index (χ4n) is 2.88. The Hall–Kier alpha value is -3.60. The molecule has 34 heavy (non-hydrogen) atoms. The van der Waals surface area contributed by atoms with Crippen molar-refractivity contribution in [1.82, 2.24) is 15.6 Å². The predicted molar refractivity (Wildman–Crippen MR) is 120 cm³/mol. The first-order valence-electron chi connectivity index (χ1n) is 10.1. The number of amides is 2. The number of halogens is 3. The van der Waals surface area contributed by atoms with Gasteiger partial charge in [-0.3, -0.25) is 9.59 Å². The second kappa shape index (κ2) is 11.0. The number of hydrogen-bond donors (Lipinski definition) is 2. The van der Waals surface area contributed by atoms with Crippen LogP contribution in [0, 0.1) is 13.8 Å². The van der Waals surface area contributed by atoms with Gasteiger partial charge < -0.3 is 20.1 Å². The van der Waals surface area contributed by atoms with Gasteiger partial charge in [-0.1, -0.05) is 18.2 Å². The lowest BCUT2D eigenvalue weighted by atomic mass is 10.0. The number of nitrogens with zero attached hydrogens (tertiary/aromatic N) is 1. The average molecular weight is 494 g/mol. The lowest BCUT2D eigenvalue weighted by Gasteiger charge is -2.10. The molecule has 7 nitrogen and oxygen atoms in total. The number of aryl methyl sites for hydroxylation is 1. The highest BCUT2D eigenvalue weighted by Gasteiger charge is 2.31. The van der Waals surface area contributed by atoms with E-state index in [1.165, 1.54) is 23.5 Å². The Morgan fingerprint density at radius 1 is 1.00 bits per heavy atom. The van der Waals surface area contributed by atoms with Gasteiger partial charge in [0.05, 0.1) is 6.54 Å². The molecule has 3 rings (SSSR count). The molecular formula is C23H22F3N3O4S. The zero-order valence-electron chi connectivity index (χ0n) is 18.4. The number of ether oxygens (including phenoxy) is 2. The Labute approximate surface area is 197 Å². The molecule has 1 heterocycles. The molecule has 2 amide bonds. The molecule has 2 N–H and O–H groups in total. The maximum atomic E-state index is 12.4. The van der Waals surface area contributed by atoms with Crippen molar-refractivity contribution in [2.45, 2.75) is 33.3 Å². The van der Waals surface area contributed by atoms with Gasteiger partial charge >= 0.3 is 6.36 Å². The van der Waals surface area contributed by atoms with E-state index in [1.807, 2.05) is 32.0 Å². The van der Waals surface area contributed by atoms with Crippen LogP contribution in [0.15, 0.2) is 47.8 Å². The van der Waals surface area contributed by atoms with Crippen LogP contribution in [-0.4, -0.2) is 29.8 Å². The van der Waals surface area contributed by atoms with E-state index in [0.29, 0.717) is 11.6 Å². The number of carbonyl (C=O) groups is 2. The standard InChI is InChI=1S/C23H22F3N3O4S/c1-14-4-3-5-16(15(14)2)10-28-22(31)19-13-34-21(29-19)11-27-20(30)12-32-17-6-8-18(9-7-17)33-23(24,25)26/h3-9,13H,10-12H2,1-2H3,(H,27,30)(H,28,31). The minimum Gasteiger partial charge on any atom is -0.484 e. The summed E-state index contributed by atoms with van der Waals surface area (Å²) in [6, 6.07) is 10.6. The van der Waals surface area contributed by atoms with E-state index in [4.69, 9.17) is 4.74 Å². The third kappa shape index (κ3) is 7.48. The summed E-state index contributed by atoms with van der Waals surface area (Å²) in [5.74, 6) is -0.939. The van der Waals surface area contributed by atoms with Crippen LogP contribution in [0.2, 0.25) is 0 Å². The molecule has 3 aromatic rings. The van der Waals surface area contributed by atoms with Crippen LogP contribution >= 0.6 is 11.3 Å². The predicted octanol–water partition coefficient (Wildman–Crippen LogP) is 4.28.